The van der Waals surface area contributed by atoms with Crippen molar-refractivity contribution >= 4 is 5.91 Å². The summed E-state index contributed by atoms with van der Waals surface area (Å²) in [6.45, 7) is 4.24. The molecule has 0 radical (unpaired) electrons. The molecular weight excluding hydrogens is 735 g/mol. The van der Waals surface area contributed by atoms with Crippen LogP contribution in [-0.2, 0) is 4.79 Å². The van der Waals surface area contributed by atoms with Crippen LogP contribution in [0.2, 0.25) is 0 Å². The average Bonchev–Trinajstić information content (AvgIpc) is 3.25. The van der Waals surface area contributed by atoms with Gasteiger partial charge in [0, 0.05) is 6.42 Å². The minimum atomic E-state index is -0.662. The van der Waals surface area contributed by atoms with E-state index in [0.717, 1.165) is 70.6 Å². The Morgan fingerprint density at radius 2 is 0.733 bits per heavy atom. The highest BCUT2D eigenvalue weighted by Crippen LogP contribution is 2.16. The zero-order valence-corrected chi connectivity index (χ0v) is 39.7. The molecule has 0 fully saturated rings. The molecule has 0 aromatic heterocycles. The Hall–Kier alpha value is -2.43. The van der Waals surface area contributed by atoms with E-state index < -0.39 is 12.1 Å². The highest BCUT2D eigenvalue weighted by Gasteiger charge is 2.20. The van der Waals surface area contributed by atoms with Gasteiger partial charge in [-0.25, -0.2) is 0 Å². The molecule has 60 heavy (non-hydrogen) atoms. The molecular formula is C56H99NO3. The summed E-state index contributed by atoms with van der Waals surface area (Å²) in [6, 6.07) is -0.540. The minimum absolute atomic E-state index is 0.0354. The molecule has 1 amide bonds. The number of nitrogens with one attached hydrogen (secondary N) is 1. The molecule has 0 aromatic rings. The number of unbranched alkanes of at least 4 members (excludes halogenated alkanes) is 25. The highest BCUT2D eigenvalue weighted by atomic mass is 16.3. The number of aliphatic hydroxyl groups excluding tert-OH is 2. The largest absolute Gasteiger partial charge is 0.394 e. The predicted octanol–water partition coefficient (Wildman–Crippen LogP) is 16.8. The monoisotopic (exact) mass is 834 g/mol. The maximum absolute atomic E-state index is 12.4. The van der Waals surface area contributed by atoms with Gasteiger partial charge in [-0.05, 0) is 70.6 Å². The lowest BCUT2D eigenvalue weighted by Crippen LogP contribution is -2.45. The molecule has 4 heteroatoms. The van der Waals surface area contributed by atoms with E-state index in [1.54, 1.807) is 0 Å². The number of amides is 1. The number of hydrogen-bond acceptors (Lipinski definition) is 3. The van der Waals surface area contributed by atoms with Crippen LogP contribution in [0, 0.1) is 0 Å². The molecule has 0 heterocycles. The van der Waals surface area contributed by atoms with E-state index in [-0.39, 0.29) is 12.5 Å². The van der Waals surface area contributed by atoms with Gasteiger partial charge >= 0.3 is 0 Å². The van der Waals surface area contributed by atoms with Gasteiger partial charge in [0.15, 0.2) is 0 Å². The van der Waals surface area contributed by atoms with Crippen LogP contribution < -0.4 is 5.32 Å². The molecule has 3 N–H and O–H groups in total. The molecule has 0 aliphatic heterocycles. The first-order chi connectivity index (χ1) is 29.7. The van der Waals surface area contributed by atoms with E-state index in [1.165, 1.54) is 148 Å². The van der Waals surface area contributed by atoms with E-state index >= 15 is 0 Å². The maximum atomic E-state index is 12.4. The first kappa shape index (κ1) is 57.6. The van der Waals surface area contributed by atoms with Crippen LogP contribution in [0.3, 0.4) is 0 Å². The van der Waals surface area contributed by atoms with Crippen molar-refractivity contribution in [3.63, 3.8) is 0 Å². The fraction of sp³-hybridized carbons (Fsp3) is 0.732. The van der Waals surface area contributed by atoms with Gasteiger partial charge < -0.3 is 15.5 Å². The van der Waals surface area contributed by atoms with Crippen molar-refractivity contribution in [1.82, 2.24) is 5.32 Å². The molecule has 2 atom stereocenters. The number of carbonyl (C=O) groups is 1. The summed E-state index contributed by atoms with van der Waals surface area (Å²) in [7, 11) is 0. The molecule has 4 nitrogen and oxygen atoms in total. The fourth-order valence-corrected chi connectivity index (χ4v) is 7.52. The maximum Gasteiger partial charge on any atom is 0.220 e. The van der Waals surface area contributed by atoms with Gasteiger partial charge in [0.2, 0.25) is 5.91 Å². The summed E-state index contributed by atoms with van der Waals surface area (Å²) in [4.78, 5) is 12.4. The molecule has 0 saturated carbocycles. The number of carbonyl (C=O) groups excluding carboxylic acids is 1. The first-order valence-electron chi connectivity index (χ1n) is 25.8. The normalized spacial score (nSPS) is 13.6. The van der Waals surface area contributed by atoms with Crippen molar-refractivity contribution < 1.29 is 15.0 Å². The van der Waals surface area contributed by atoms with Gasteiger partial charge in [-0.3, -0.25) is 4.79 Å². The van der Waals surface area contributed by atoms with Crippen molar-refractivity contribution in [3.05, 3.63) is 85.1 Å². The Morgan fingerprint density at radius 3 is 1.10 bits per heavy atom. The van der Waals surface area contributed by atoms with Crippen LogP contribution >= 0.6 is 0 Å². The van der Waals surface area contributed by atoms with Crippen LogP contribution in [0.15, 0.2) is 85.1 Å². The molecule has 0 aliphatic rings. The summed E-state index contributed by atoms with van der Waals surface area (Å²) >= 11 is 0. The number of aliphatic hydroxyl groups is 2. The molecule has 0 bridgehead atoms. The minimum Gasteiger partial charge on any atom is -0.394 e. The lowest BCUT2D eigenvalue weighted by atomic mass is 10.0. The Kier molecular flexibility index (Phi) is 48.9. The number of hydrogen-bond donors (Lipinski definition) is 3. The van der Waals surface area contributed by atoms with Crippen LogP contribution in [-0.4, -0.2) is 34.9 Å². The quantitative estimate of drug-likeness (QED) is 0.0423. The van der Waals surface area contributed by atoms with E-state index in [0.29, 0.717) is 12.8 Å². The van der Waals surface area contributed by atoms with Gasteiger partial charge in [-0.1, -0.05) is 253 Å². The van der Waals surface area contributed by atoms with Crippen molar-refractivity contribution in [2.45, 2.75) is 257 Å². The third kappa shape index (κ3) is 46.6. The van der Waals surface area contributed by atoms with Gasteiger partial charge in [0.25, 0.3) is 0 Å². The predicted molar refractivity (Wildman–Crippen MR) is 267 cm³/mol. The summed E-state index contributed by atoms with van der Waals surface area (Å²) in [5, 5.41) is 23.2. The number of allylic oxidation sites excluding steroid dienone is 14. The summed E-state index contributed by atoms with van der Waals surface area (Å²) in [5.74, 6) is -0.0354. The van der Waals surface area contributed by atoms with Gasteiger partial charge in [-0.2, -0.15) is 0 Å². The molecule has 0 aromatic carbocycles. The molecule has 0 spiro atoms. The smallest absolute Gasteiger partial charge is 0.220 e. The topological polar surface area (TPSA) is 69.6 Å². The Labute approximate surface area is 373 Å². The van der Waals surface area contributed by atoms with E-state index in [9.17, 15) is 15.0 Å². The molecule has 0 saturated heterocycles. The number of rotatable bonds is 46. The Morgan fingerprint density at radius 1 is 0.417 bits per heavy atom. The molecule has 0 rings (SSSR count). The lowest BCUT2D eigenvalue weighted by Gasteiger charge is -2.22. The Balaban J connectivity index is 3.51. The van der Waals surface area contributed by atoms with Crippen molar-refractivity contribution in [2.75, 3.05) is 6.61 Å². The second-order valence-electron chi connectivity index (χ2n) is 17.2. The van der Waals surface area contributed by atoms with E-state index in [4.69, 9.17) is 0 Å². The SMILES string of the molecule is CC/C=C\C/C=C\C/C=C\C/C=C\C/C=C\C/C=C\C/C=C\CCCCCCCCCCCCCCCC(=O)NC(CO)C(O)CCCCCCCCCCCCCCC. The zero-order chi connectivity index (χ0) is 43.5. The highest BCUT2D eigenvalue weighted by molar-refractivity contribution is 5.76. The first-order valence-corrected chi connectivity index (χ1v) is 25.8. The van der Waals surface area contributed by atoms with E-state index in [1.807, 2.05) is 0 Å². The van der Waals surface area contributed by atoms with E-state index in [2.05, 4.69) is 104 Å². The third-order valence-corrected chi connectivity index (χ3v) is 11.4. The van der Waals surface area contributed by atoms with Crippen LogP contribution in [0.4, 0.5) is 0 Å². The van der Waals surface area contributed by atoms with Gasteiger partial charge in [0.1, 0.15) is 0 Å². The van der Waals surface area contributed by atoms with Crippen molar-refractivity contribution in [3.8, 4) is 0 Å². The average molecular weight is 834 g/mol. The second kappa shape index (κ2) is 50.9. The third-order valence-electron chi connectivity index (χ3n) is 11.4. The van der Waals surface area contributed by atoms with Crippen LogP contribution in [0.25, 0.3) is 0 Å². The fourth-order valence-electron chi connectivity index (χ4n) is 7.52. The van der Waals surface area contributed by atoms with Gasteiger partial charge in [-0.15, -0.1) is 0 Å². The van der Waals surface area contributed by atoms with Gasteiger partial charge in [0.05, 0.1) is 18.8 Å². The van der Waals surface area contributed by atoms with Crippen LogP contribution in [0.1, 0.15) is 245 Å². The molecule has 2 unspecified atom stereocenters. The van der Waals surface area contributed by atoms with Crippen LogP contribution in [0.5, 0.6) is 0 Å². The standard InChI is InChI=1S/C56H99NO3/c1-3-5-7-9-11-13-15-17-18-19-20-21-22-23-24-25-26-27-28-29-30-31-32-33-34-35-36-37-38-40-42-44-46-48-50-52-56(60)57-54(53-58)55(59)51-49-47-45-43-41-39-16-14-12-10-8-6-4-2/h5,7,11,13,17-18,20-21,23-24,26-27,29-30,54-55,58-59H,3-4,6,8-10,12,14-16,19,22,25,28,31-53H2,1-2H3,(H,57,60)/b7-5-,13-11-,18-17-,21-20-,24-23-,27-26-,30-29-. The zero-order valence-electron chi connectivity index (χ0n) is 39.7. The van der Waals surface area contributed by atoms with Crippen molar-refractivity contribution in [1.29, 1.82) is 0 Å². The summed E-state index contributed by atoms with van der Waals surface area (Å²) in [5.41, 5.74) is 0. The molecule has 0 aliphatic carbocycles. The lowest BCUT2D eigenvalue weighted by molar-refractivity contribution is -0.123. The second-order valence-corrected chi connectivity index (χ2v) is 17.2. The summed E-state index contributed by atoms with van der Waals surface area (Å²) < 4.78 is 0. The summed E-state index contributed by atoms with van der Waals surface area (Å²) in [6.07, 6.45) is 74.0. The molecule has 346 valence electrons. The Bertz CT molecular complexity index is 1080. The van der Waals surface area contributed by atoms with Crippen molar-refractivity contribution in [2.24, 2.45) is 0 Å².